The van der Waals surface area contributed by atoms with Crippen molar-refractivity contribution in [2.75, 3.05) is 50.6 Å². The molecule has 3 aliphatic heterocycles. The minimum Gasteiger partial charge on any atom is -0.382 e. The normalized spacial score (nSPS) is 21.8. The van der Waals surface area contributed by atoms with Crippen LogP contribution < -0.4 is 16.0 Å². The third-order valence-corrected chi connectivity index (χ3v) is 15.1. The molecule has 65 heavy (non-hydrogen) atoms. The molecular weight excluding hydrogens is 898 g/mol. The number of anilines is 1. The fraction of sp³-hybridized carbons (Fsp3) is 0.489. The summed E-state index contributed by atoms with van der Waals surface area (Å²) >= 11 is 12.9. The van der Waals surface area contributed by atoms with Crippen molar-refractivity contribution in [2.45, 2.75) is 89.6 Å². The molecule has 3 aromatic carbocycles. The summed E-state index contributed by atoms with van der Waals surface area (Å²) in [5.41, 5.74) is 1.18. The van der Waals surface area contributed by atoms with E-state index in [1.807, 2.05) is 44.2 Å². The minimum absolute atomic E-state index is 0.0293. The van der Waals surface area contributed by atoms with Crippen LogP contribution in [0.1, 0.15) is 104 Å². The van der Waals surface area contributed by atoms with Gasteiger partial charge in [0.2, 0.25) is 23.6 Å². The third-order valence-electron chi connectivity index (χ3n) is 12.4. The summed E-state index contributed by atoms with van der Waals surface area (Å²) in [4.78, 5) is 81.9. The third kappa shape index (κ3) is 11.4. The number of fused-ring (bicyclic) bond motifs is 1. The smallest absolute Gasteiger partial charge is 0.264 e. The monoisotopic (exact) mass is 953 g/mol. The number of nitrogens with zero attached hydrogens (tertiary/aromatic N) is 2. The summed E-state index contributed by atoms with van der Waals surface area (Å²) in [6.07, 6.45) is 0.232. The largest absolute Gasteiger partial charge is 0.382 e. The molecule has 0 bridgehead atoms. The van der Waals surface area contributed by atoms with Gasteiger partial charge >= 0.3 is 0 Å². The number of rotatable bonds is 20. The Morgan fingerprint density at radius 2 is 1.54 bits per heavy atom. The Kier molecular flexibility index (Phi) is 16.1. The number of imide groups is 2. The van der Waals surface area contributed by atoms with Crippen molar-refractivity contribution in [3.8, 4) is 0 Å². The van der Waals surface area contributed by atoms with Crippen LogP contribution in [0.4, 0.5) is 5.69 Å². The number of amides is 6. The average Bonchev–Trinajstić information content (AvgIpc) is 3.50. The minimum atomic E-state index is -3.61. The van der Waals surface area contributed by atoms with Crippen molar-refractivity contribution >= 4 is 74.2 Å². The molecule has 0 radical (unpaired) electrons. The van der Waals surface area contributed by atoms with E-state index in [2.05, 4.69) is 16.0 Å². The maximum atomic E-state index is 15.1. The van der Waals surface area contributed by atoms with E-state index in [0.29, 0.717) is 22.3 Å². The van der Waals surface area contributed by atoms with Gasteiger partial charge in [-0.05, 0) is 80.1 Å². The van der Waals surface area contributed by atoms with Gasteiger partial charge in [0.05, 0.1) is 60.0 Å². The van der Waals surface area contributed by atoms with E-state index in [4.69, 9.17) is 32.7 Å². The van der Waals surface area contributed by atoms with E-state index in [1.165, 1.54) is 6.07 Å². The SMILES string of the molecule is CC(C)[C@@H](CS(=O)(=O)C(C)C)N1C(=O)[C@@](C)(CC(=O)NCCOCCOCCNc2cccc3c2C(=O)N(C2CCC(=O)NC2=O)C3=O)C[C@H](c2cccc(Cl)c2)[C@H]1c1ccc(Cl)cc1. The maximum absolute atomic E-state index is 15.1. The molecule has 3 N–H and O–H groups in total. The first-order valence-electron chi connectivity index (χ1n) is 21.9. The molecule has 1 unspecified atom stereocenters. The first kappa shape index (κ1) is 49.6. The molecule has 6 amide bonds. The molecule has 350 valence electrons. The summed E-state index contributed by atoms with van der Waals surface area (Å²) in [7, 11) is -3.61. The van der Waals surface area contributed by atoms with Crippen LogP contribution >= 0.6 is 23.2 Å². The Hall–Kier alpha value is -4.87. The van der Waals surface area contributed by atoms with Crippen LogP contribution in [0.5, 0.6) is 0 Å². The Morgan fingerprint density at radius 3 is 2.18 bits per heavy atom. The highest BCUT2D eigenvalue weighted by Crippen LogP contribution is 2.52. The first-order chi connectivity index (χ1) is 30.8. The number of halogens is 2. The van der Waals surface area contributed by atoms with E-state index < -0.39 is 62.3 Å². The van der Waals surface area contributed by atoms with Gasteiger partial charge in [0, 0.05) is 53.6 Å². The number of benzene rings is 3. The fourth-order valence-corrected chi connectivity index (χ4v) is 10.6. The van der Waals surface area contributed by atoms with Crippen LogP contribution in [0, 0.1) is 11.3 Å². The standard InChI is InChI=1S/C47H57Cl2N5O10S/c1-28(2)38(27-65(61,62)29(3)4)53-42(30-12-14-32(48)15-13-30)35(31-8-6-9-33(49)24-31)25-47(5,46(53)60)26-40(56)51-19-21-64-23-22-63-20-18-50-36-11-7-10-34-41(36)45(59)54(44(34)58)37-16-17-39(55)52-43(37)57/h6-15,24,28-29,35,37-38,42,50H,16-23,25-27H2,1-5H3,(H,51,56)(H,52,55,57)/t35-,37?,38-,42-,47-/m1/s1. The fourth-order valence-electron chi connectivity index (χ4n) is 8.86. The molecule has 2 fully saturated rings. The van der Waals surface area contributed by atoms with Crippen molar-refractivity contribution in [3.05, 3.63) is 99.0 Å². The second-order valence-electron chi connectivity index (χ2n) is 17.7. The molecule has 0 spiro atoms. The van der Waals surface area contributed by atoms with Gasteiger partial charge < -0.3 is 25.0 Å². The lowest BCUT2D eigenvalue weighted by Crippen LogP contribution is -2.59. The zero-order valence-electron chi connectivity index (χ0n) is 37.2. The molecule has 2 saturated heterocycles. The first-order valence-corrected chi connectivity index (χ1v) is 24.4. The van der Waals surface area contributed by atoms with Gasteiger partial charge in [-0.25, -0.2) is 8.42 Å². The molecule has 0 aromatic heterocycles. The number of carbonyl (C=O) groups is 6. The van der Waals surface area contributed by atoms with Crippen LogP contribution in [0.25, 0.3) is 0 Å². The number of hydrogen-bond acceptors (Lipinski definition) is 11. The van der Waals surface area contributed by atoms with Gasteiger partial charge in [0.25, 0.3) is 11.8 Å². The second-order valence-corrected chi connectivity index (χ2v) is 21.2. The Labute approximate surface area is 390 Å². The summed E-state index contributed by atoms with van der Waals surface area (Å²) in [6.45, 7) is 10.2. The lowest BCUT2D eigenvalue weighted by Gasteiger charge is -2.53. The average molecular weight is 955 g/mol. The van der Waals surface area contributed by atoms with Gasteiger partial charge in [-0.3, -0.25) is 39.0 Å². The lowest BCUT2D eigenvalue weighted by atomic mass is 9.66. The highest BCUT2D eigenvalue weighted by atomic mass is 35.5. The predicted molar refractivity (Wildman–Crippen MR) is 246 cm³/mol. The van der Waals surface area contributed by atoms with E-state index in [1.54, 1.807) is 56.0 Å². The van der Waals surface area contributed by atoms with E-state index in [-0.39, 0.29) is 99.2 Å². The van der Waals surface area contributed by atoms with Crippen molar-refractivity contribution in [3.63, 3.8) is 0 Å². The zero-order valence-corrected chi connectivity index (χ0v) is 39.6. The second kappa shape index (κ2) is 21.2. The number of piperidine rings is 2. The van der Waals surface area contributed by atoms with Crippen molar-refractivity contribution in [1.29, 1.82) is 0 Å². The number of sulfone groups is 1. The van der Waals surface area contributed by atoms with E-state index in [9.17, 15) is 32.4 Å². The van der Waals surface area contributed by atoms with Gasteiger partial charge in [-0.2, -0.15) is 0 Å². The zero-order chi connectivity index (χ0) is 47.2. The predicted octanol–water partition coefficient (Wildman–Crippen LogP) is 5.96. The Morgan fingerprint density at radius 1 is 0.862 bits per heavy atom. The van der Waals surface area contributed by atoms with Crippen LogP contribution in [0.3, 0.4) is 0 Å². The lowest BCUT2D eigenvalue weighted by molar-refractivity contribution is -0.158. The number of carbonyl (C=O) groups excluding carboxylic acids is 6. The number of nitrogens with one attached hydrogen (secondary N) is 3. The summed E-state index contributed by atoms with van der Waals surface area (Å²) in [6, 6.07) is 17.1. The van der Waals surface area contributed by atoms with Crippen molar-refractivity contribution < 1.29 is 46.7 Å². The van der Waals surface area contributed by atoms with Crippen LogP contribution in [-0.2, 0) is 38.5 Å². The molecule has 6 rings (SSSR count). The molecule has 3 heterocycles. The highest BCUT2D eigenvalue weighted by Gasteiger charge is 2.53. The number of ether oxygens (including phenoxy) is 2. The quantitative estimate of drug-likeness (QED) is 0.0893. The van der Waals surface area contributed by atoms with E-state index in [0.717, 1.165) is 16.0 Å². The van der Waals surface area contributed by atoms with Crippen molar-refractivity contribution in [1.82, 2.24) is 20.4 Å². The van der Waals surface area contributed by atoms with Gasteiger partial charge in [0.15, 0.2) is 9.84 Å². The molecule has 15 nitrogen and oxygen atoms in total. The maximum Gasteiger partial charge on any atom is 0.264 e. The highest BCUT2D eigenvalue weighted by molar-refractivity contribution is 7.92. The van der Waals surface area contributed by atoms with Crippen molar-refractivity contribution in [2.24, 2.45) is 11.3 Å². The molecule has 5 atom stereocenters. The van der Waals surface area contributed by atoms with E-state index >= 15 is 4.79 Å². The molecule has 3 aliphatic rings. The topological polar surface area (TPSA) is 198 Å². The van der Waals surface area contributed by atoms with Crippen LogP contribution in [0.15, 0.2) is 66.7 Å². The molecular formula is C47H57Cl2N5O10S. The number of likely N-dealkylation sites (tertiary alicyclic amines) is 1. The van der Waals surface area contributed by atoms with Gasteiger partial charge in [-0.1, -0.05) is 74.3 Å². The van der Waals surface area contributed by atoms with Gasteiger partial charge in [0.1, 0.15) is 6.04 Å². The molecule has 18 heteroatoms. The summed E-state index contributed by atoms with van der Waals surface area (Å²) in [5.74, 6) is -3.84. The summed E-state index contributed by atoms with van der Waals surface area (Å²) < 4.78 is 38.5. The molecule has 0 aliphatic carbocycles. The molecule has 0 saturated carbocycles. The van der Waals surface area contributed by atoms with Crippen LogP contribution in [0.2, 0.25) is 10.0 Å². The summed E-state index contributed by atoms with van der Waals surface area (Å²) in [5, 5.41) is 8.57. The number of hydrogen-bond donors (Lipinski definition) is 3. The Bertz CT molecular complexity index is 2400. The van der Waals surface area contributed by atoms with Gasteiger partial charge in [-0.15, -0.1) is 0 Å². The molecule has 3 aromatic rings. The Balaban J connectivity index is 1.03. The van der Waals surface area contributed by atoms with Crippen LogP contribution in [-0.4, -0.2) is 116 Å².